The Morgan fingerprint density at radius 1 is 1.05 bits per heavy atom. The summed E-state index contributed by atoms with van der Waals surface area (Å²) in [5.74, 6) is 1.02. The van der Waals surface area contributed by atoms with Gasteiger partial charge in [-0.25, -0.2) is 4.98 Å². The first-order valence-corrected chi connectivity index (χ1v) is 6.68. The number of para-hydroxylation sites is 1. The number of hydrogen-bond donors (Lipinski definition) is 1. The molecule has 3 nitrogen and oxygen atoms in total. The number of fused-ring (bicyclic) bond motifs is 3. The molecule has 94 valence electrons. The number of hydrogen-bond acceptors (Lipinski definition) is 2. The molecule has 1 N–H and O–H groups in total. The van der Waals surface area contributed by atoms with E-state index in [4.69, 9.17) is 0 Å². The fourth-order valence-electron chi connectivity index (χ4n) is 2.99. The highest BCUT2D eigenvalue weighted by Crippen LogP contribution is 2.30. The first-order chi connectivity index (χ1) is 9.45. The number of nitrogens with zero attached hydrogens (tertiary/aromatic N) is 2. The second-order valence-corrected chi connectivity index (χ2v) is 4.89. The summed E-state index contributed by atoms with van der Waals surface area (Å²) < 4.78 is 2.31. The Kier molecular flexibility index (Phi) is 2.38. The Hall–Kier alpha value is -2.13. The first-order valence-electron chi connectivity index (χ1n) is 6.68. The molecule has 3 heteroatoms. The Bertz CT molecular complexity index is 728. The van der Waals surface area contributed by atoms with Crippen molar-refractivity contribution in [1.82, 2.24) is 14.9 Å². The average Bonchev–Trinajstić information content (AvgIpc) is 2.83. The van der Waals surface area contributed by atoms with Crippen LogP contribution in [0, 0.1) is 0 Å². The van der Waals surface area contributed by atoms with Crippen molar-refractivity contribution >= 4 is 10.9 Å². The molecule has 4 rings (SSSR count). The third-order valence-corrected chi connectivity index (χ3v) is 3.81. The van der Waals surface area contributed by atoms with Crippen LogP contribution in [0.2, 0.25) is 0 Å². The van der Waals surface area contributed by atoms with Gasteiger partial charge < -0.3 is 5.32 Å². The lowest BCUT2D eigenvalue weighted by atomic mass is 10.1. The molecule has 0 radical (unpaired) electrons. The number of nitrogens with one attached hydrogen (secondary N) is 1. The lowest BCUT2D eigenvalue weighted by Gasteiger charge is -2.16. The third kappa shape index (κ3) is 1.59. The van der Waals surface area contributed by atoms with Crippen LogP contribution < -0.4 is 5.32 Å². The third-order valence-electron chi connectivity index (χ3n) is 3.81. The van der Waals surface area contributed by atoms with Crippen LogP contribution in [0.4, 0.5) is 0 Å². The van der Waals surface area contributed by atoms with Crippen LogP contribution >= 0.6 is 0 Å². The Morgan fingerprint density at radius 3 is 2.84 bits per heavy atom. The second-order valence-electron chi connectivity index (χ2n) is 4.89. The van der Waals surface area contributed by atoms with Crippen LogP contribution in [0.15, 0.2) is 48.7 Å². The van der Waals surface area contributed by atoms with Gasteiger partial charge in [0.15, 0.2) is 0 Å². The van der Waals surface area contributed by atoms with E-state index in [0.717, 1.165) is 25.3 Å². The van der Waals surface area contributed by atoms with Gasteiger partial charge in [0.1, 0.15) is 5.82 Å². The maximum atomic E-state index is 4.52. The van der Waals surface area contributed by atoms with Crippen LogP contribution in [0.3, 0.4) is 0 Å². The first kappa shape index (κ1) is 10.8. The Balaban J connectivity index is 2.09. The van der Waals surface area contributed by atoms with E-state index >= 15 is 0 Å². The van der Waals surface area contributed by atoms with Gasteiger partial charge in [0, 0.05) is 36.8 Å². The molecule has 1 aliphatic rings. The smallest absolute Gasteiger partial charge is 0.137 e. The summed E-state index contributed by atoms with van der Waals surface area (Å²) in [7, 11) is 0. The van der Waals surface area contributed by atoms with E-state index in [1.807, 2.05) is 18.3 Å². The van der Waals surface area contributed by atoms with Gasteiger partial charge in [0.25, 0.3) is 0 Å². The quantitative estimate of drug-likeness (QED) is 0.718. The fraction of sp³-hybridized carbons (Fsp3) is 0.188. The largest absolute Gasteiger partial charge is 0.312 e. The molecule has 0 amide bonds. The van der Waals surface area contributed by atoms with E-state index in [1.165, 1.54) is 22.2 Å². The predicted molar refractivity (Wildman–Crippen MR) is 76.5 cm³/mol. The molecule has 0 bridgehead atoms. The predicted octanol–water partition coefficient (Wildman–Crippen LogP) is 2.67. The molecule has 0 spiro atoms. The summed E-state index contributed by atoms with van der Waals surface area (Å²) in [6, 6.07) is 14.7. The molecule has 0 atom stereocenters. The highest BCUT2D eigenvalue weighted by atomic mass is 15.1. The average molecular weight is 249 g/mol. The summed E-state index contributed by atoms with van der Waals surface area (Å²) in [6.45, 7) is 1.99. The topological polar surface area (TPSA) is 29.9 Å². The Labute approximate surface area is 111 Å². The van der Waals surface area contributed by atoms with E-state index in [1.54, 1.807) is 0 Å². The maximum Gasteiger partial charge on any atom is 0.137 e. The molecule has 0 saturated heterocycles. The number of benzene rings is 1. The van der Waals surface area contributed by atoms with E-state index in [2.05, 4.69) is 45.2 Å². The standard InChI is InChI=1S/C16H15N3/c1-2-6-14-12(5-1)13-11-17-10-8-15(13)19(14)16-7-3-4-9-18-16/h1-7,9,17H,8,10-11H2. The highest BCUT2D eigenvalue weighted by molar-refractivity contribution is 5.87. The summed E-state index contributed by atoms with van der Waals surface area (Å²) >= 11 is 0. The van der Waals surface area contributed by atoms with E-state index in [-0.39, 0.29) is 0 Å². The van der Waals surface area contributed by atoms with Crippen molar-refractivity contribution in [3.05, 3.63) is 59.9 Å². The van der Waals surface area contributed by atoms with Gasteiger partial charge >= 0.3 is 0 Å². The minimum absolute atomic E-state index is 0.954. The van der Waals surface area contributed by atoms with Crippen molar-refractivity contribution < 1.29 is 0 Å². The van der Waals surface area contributed by atoms with Gasteiger partial charge in [0.2, 0.25) is 0 Å². The molecule has 0 unspecified atom stereocenters. The lowest BCUT2D eigenvalue weighted by molar-refractivity contribution is 0.630. The molecule has 2 aromatic heterocycles. The Morgan fingerprint density at radius 2 is 1.95 bits per heavy atom. The zero-order chi connectivity index (χ0) is 12.7. The van der Waals surface area contributed by atoms with Crippen molar-refractivity contribution in [2.75, 3.05) is 6.54 Å². The minimum Gasteiger partial charge on any atom is -0.312 e. The summed E-state index contributed by atoms with van der Waals surface area (Å²) in [5.41, 5.74) is 4.08. The zero-order valence-electron chi connectivity index (χ0n) is 10.6. The number of aromatic nitrogens is 2. The van der Waals surface area contributed by atoms with Gasteiger partial charge in [-0.15, -0.1) is 0 Å². The fourth-order valence-corrected chi connectivity index (χ4v) is 2.99. The van der Waals surface area contributed by atoms with Crippen LogP contribution in [-0.4, -0.2) is 16.1 Å². The van der Waals surface area contributed by atoms with E-state index < -0.39 is 0 Å². The summed E-state index contributed by atoms with van der Waals surface area (Å²) in [6.07, 6.45) is 2.91. The van der Waals surface area contributed by atoms with Crippen molar-refractivity contribution in [1.29, 1.82) is 0 Å². The van der Waals surface area contributed by atoms with Gasteiger partial charge in [-0.1, -0.05) is 24.3 Å². The number of rotatable bonds is 1. The van der Waals surface area contributed by atoms with Crippen molar-refractivity contribution in [2.45, 2.75) is 13.0 Å². The molecular formula is C16H15N3. The molecule has 1 aromatic carbocycles. The van der Waals surface area contributed by atoms with Crippen LogP contribution in [-0.2, 0) is 13.0 Å². The normalized spacial score (nSPS) is 14.5. The van der Waals surface area contributed by atoms with Gasteiger partial charge in [-0.05, 0) is 23.8 Å². The van der Waals surface area contributed by atoms with Crippen molar-refractivity contribution in [2.24, 2.45) is 0 Å². The van der Waals surface area contributed by atoms with Crippen molar-refractivity contribution in [3.8, 4) is 5.82 Å². The molecule has 0 saturated carbocycles. The molecule has 0 fully saturated rings. The maximum absolute atomic E-state index is 4.52. The number of pyridine rings is 1. The van der Waals surface area contributed by atoms with E-state index in [0.29, 0.717) is 0 Å². The second kappa shape index (κ2) is 4.21. The van der Waals surface area contributed by atoms with Gasteiger partial charge in [-0.3, -0.25) is 4.57 Å². The van der Waals surface area contributed by atoms with Crippen LogP contribution in [0.1, 0.15) is 11.3 Å². The minimum atomic E-state index is 0.954. The van der Waals surface area contributed by atoms with Gasteiger partial charge in [-0.2, -0.15) is 0 Å². The molecule has 3 aromatic rings. The van der Waals surface area contributed by atoms with E-state index in [9.17, 15) is 0 Å². The lowest BCUT2D eigenvalue weighted by Crippen LogP contribution is -2.24. The molecule has 3 heterocycles. The van der Waals surface area contributed by atoms with Crippen LogP contribution in [0.25, 0.3) is 16.7 Å². The highest BCUT2D eigenvalue weighted by Gasteiger charge is 2.20. The van der Waals surface area contributed by atoms with Crippen LogP contribution in [0.5, 0.6) is 0 Å². The SMILES string of the molecule is c1ccc(-n2c3c(c4ccccc42)CNCC3)nc1. The van der Waals surface area contributed by atoms with Gasteiger partial charge in [0.05, 0.1) is 5.52 Å². The summed E-state index contributed by atoms with van der Waals surface area (Å²) in [4.78, 5) is 4.52. The monoisotopic (exact) mass is 249 g/mol. The molecule has 1 aliphatic heterocycles. The molecule has 0 aliphatic carbocycles. The molecule has 19 heavy (non-hydrogen) atoms. The van der Waals surface area contributed by atoms with Crippen molar-refractivity contribution in [3.63, 3.8) is 0 Å². The summed E-state index contributed by atoms with van der Waals surface area (Å²) in [5, 5.41) is 4.81. The zero-order valence-corrected chi connectivity index (χ0v) is 10.6. The molecular weight excluding hydrogens is 234 g/mol.